The Labute approximate surface area is 159 Å². The van der Waals surface area contributed by atoms with E-state index >= 15 is 0 Å². The van der Waals surface area contributed by atoms with Crippen LogP contribution in [0.4, 0.5) is 17.1 Å². The third-order valence-electron chi connectivity index (χ3n) is 5.08. The summed E-state index contributed by atoms with van der Waals surface area (Å²) in [7, 11) is -4.72. The Balaban J connectivity index is 1.80. The van der Waals surface area contributed by atoms with E-state index in [9.17, 15) is 22.6 Å². The van der Waals surface area contributed by atoms with Crippen LogP contribution < -0.4 is 11.1 Å². The number of anilines is 3. The molecule has 0 saturated heterocycles. The number of benzene rings is 3. The number of hydrogen-bond acceptors (Lipinski definition) is 6. The van der Waals surface area contributed by atoms with Crippen molar-refractivity contribution in [1.82, 2.24) is 0 Å². The molecule has 4 N–H and O–H groups in total. The maximum absolute atomic E-state index is 13.1. The molecule has 0 atom stereocenters. The summed E-state index contributed by atoms with van der Waals surface area (Å²) in [5, 5.41) is 3.01. The van der Waals surface area contributed by atoms with Gasteiger partial charge in [0.15, 0.2) is 11.6 Å². The van der Waals surface area contributed by atoms with Crippen molar-refractivity contribution in [3.05, 3.63) is 70.8 Å². The van der Waals surface area contributed by atoms with Crippen LogP contribution in [-0.2, 0) is 10.1 Å². The first-order valence-electron chi connectivity index (χ1n) is 8.31. The molecule has 0 unspecified atom stereocenters. The predicted octanol–water partition coefficient (Wildman–Crippen LogP) is 3.01. The second-order valence-electron chi connectivity index (χ2n) is 6.65. The van der Waals surface area contributed by atoms with Gasteiger partial charge in [-0.2, -0.15) is 8.42 Å². The Morgan fingerprint density at radius 3 is 1.96 bits per heavy atom. The number of fused-ring (bicyclic) bond motifs is 3. The van der Waals surface area contributed by atoms with E-state index in [4.69, 9.17) is 5.73 Å². The zero-order chi connectivity index (χ0) is 19.8. The van der Waals surface area contributed by atoms with E-state index in [1.807, 2.05) is 18.2 Å². The van der Waals surface area contributed by atoms with Crippen molar-refractivity contribution in [3.63, 3.8) is 0 Å². The SMILES string of the molecule is Nc1c(S(=O)(=O)O)cc(Nc2cc3ccc2-3)c2c1C(=O)c1ccccc1C2=O. The Hall–Kier alpha value is -3.49. The van der Waals surface area contributed by atoms with Gasteiger partial charge < -0.3 is 11.1 Å². The monoisotopic (exact) mass is 392 g/mol. The molecule has 0 saturated carbocycles. The molecule has 0 radical (unpaired) electrons. The Morgan fingerprint density at radius 1 is 0.821 bits per heavy atom. The zero-order valence-electron chi connectivity index (χ0n) is 14.2. The van der Waals surface area contributed by atoms with Crippen LogP contribution in [0.15, 0.2) is 53.4 Å². The third kappa shape index (κ3) is 2.09. The first-order chi connectivity index (χ1) is 13.3. The average molecular weight is 392 g/mol. The molecular formula is C20H12N2O5S. The Bertz CT molecular complexity index is 1360. The van der Waals surface area contributed by atoms with Crippen LogP contribution in [0.25, 0.3) is 11.1 Å². The van der Waals surface area contributed by atoms with Crippen molar-refractivity contribution in [2.24, 2.45) is 0 Å². The van der Waals surface area contributed by atoms with Crippen molar-refractivity contribution >= 4 is 38.7 Å². The molecule has 138 valence electrons. The second-order valence-corrected chi connectivity index (χ2v) is 8.04. The molecule has 28 heavy (non-hydrogen) atoms. The van der Waals surface area contributed by atoms with Gasteiger partial charge in [0.2, 0.25) is 0 Å². The van der Waals surface area contributed by atoms with Crippen LogP contribution >= 0.6 is 0 Å². The lowest BCUT2D eigenvalue weighted by atomic mass is 9.82. The molecule has 3 aliphatic rings. The molecule has 0 fully saturated rings. The molecule has 7 nitrogen and oxygen atoms in total. The van der Waals surface area contributed by atoms with Crippen molar-refractivity contribution in [1.29, 1.82) is 0 Å². The number of nitrogens with two attached hydrogens (primary N) is 1. The van der Waals surface area contributed by atoms with Gasteiger partial charge in [-0.25, -0.2) is 0 Å². The highest BCUT2D eigenvalue weighted by atomic mass is 32.2. The van der Waals surface area contributed by atoms with Crippen LogP contribution in [0, 0.1) is 0 Å². The van der Waals surface area contributed by atoms with E-state index in [2.05, 4.69) is 5.32 Å². The van der Waals surface area contributed by atoms with E-state index in [0.29, 0.717) is 5.69 Å². The number of nitrogens with one attached hydrogen (secondary N) is 1. The zero-order valence-corrected chi connectivity index (χ0v) is 15.0. The number of carbonyl (C=O) groups excluding carboxylic acids is 2. The number of rotatable bonds is 3. The van der Waals surface area contributed by atoms with Crippen molar-refractivity contribution in [2.75, 3.05) is 11.1 Å². The molecule has 0 aromatic heterocycles. The molecule has 0 spiro atoms. The molecule has 5 rings (SSSR count). The number of nitrogen functional groups attached to an aromatic ring is 1. The summed E-state index contributed by atoms with van der Waals surface area (Å²) in [4.78, 5) is 25.5. The molecule has 2 aromatic carbocycles. The van der Waals surface area contributed by atoms with Gasteiger partial charge in [-0.05, 0) is 17.7 Å². The largest absolute Gasteiger partial charge is 0.397 e. The summed E-state index contributed by atoms with van der Waals surface area (Å²) < 4.78 is 33.3. The van der Waals surface area contributed by atoms with Gasteiger partial charge in [0.25, 0.3) is 10.1 Å². The minimum Gasteiger partial charge on any atom is -0.397 e. The van der Waals surface area contributed by atoms with Crippen molar-refractivity contribution in [3.8, 4) is 11.1 Å². The minimum absolute atomic E-state index is 0.00754. The summed E-state index contributed by atoms with van der Waals surface area (Å²) in [6.45, 7) is 0. The van der Waals surface area contributed by atoms with Crippen LogP contribution in [0.3, 0.4) is 0 Å². The van der Waals surface area contributed by atoms with Crippen LogP contribution in [0.5, 0.6) is 0 Å². The van der Waals surface area contributed by atoms with E-state index in [1.165, 1.54) is 12.1 Å². The summed E-state index contributed by atoms with van der Waals surface area (Å²) in [6, 6.07) is 13.0. The fourth-order valence-electron chi connectivity index (χ4n) is 3.64. The van der Waals surface area contributed by atoms with Crippen LogP contribution in [-0.4, -0.2) is 24.5 Å². The molecule has 8 heteroatoms. The van der Waals surface area contributed by atoms with Gasteiger partial charge in [0.05, 0.1) is 22.5 Å². The normalized spacial score (nSPS) is 13.8. The van der Waals surface area contributed by atoms with Gasteiger partial charge >= 0.3 is 0 Å². The molecule has 0 amide bonds. The van der Waals surface area contributed by atoms with Gasteiger partial charge in [-0.15, -0.1) is 0 Å². The number of hydrogen-bond donors (Lipinski definition) is 3. The highest BCUT2D eigenvalue weighted by molar-refractivity contribution is 7.86. The van der Waals surface area contributed by atoms with Gasteiger partial charge in [0.1, 0.15) is 4.90 Å². The van der Waals surface area contributed by atoms with E-state index in [-0.39, 0.29) is 27.9 Å². The summed E-state index contributed by atoms with van der Waals surface area (Å²) in [5.74, 6) is -1.01. The quantitative estimate of drug-likeness (QED) is 0.318. The topological polar surface area (TPSA) is 127 Å². The molecular weight excluding hydrogens is 380 g/mol. The third-order valence-corrected chi connectivity index (χ3v) is 5.97. The summed E-state index contributed by atoms with van der Waals surface area (Å²) >= 11 is 0. The lowest BCUT2D eigenvalue weighted by Crippen LogP contribution is -2.25. The molecule has 2 aromatic rings. The Morgan fingerprint density at radius 2 is 1.46 bits per heavy atom. The smallest absolute Gasteiger partial charge is 0.296 e. The van der Waals surface area contributed by atoms with Gasteiger partial charge in [-0.3, -0.25) is 14.1 Å². The lowest BCUT2D eigenvalue weighted by molar-refractivity contribution is 0.0980. The van der Waals surface area contributed by atoms with Crippen LogP contribution in [0.2, 0.25) is 0 Å². The standard InChI is InChI=1S/C20H12N2O5S/c21-18-15(28(25,26)27)8-14(22-13-7-9-5-6-10(9)13)16-17(18)20(24)12-4-2-1-3-11(12)19(16)23/h1-8,22H,21H2,(H,25,26,27). The first-order valence-corrected chi connectivity index (χ1v) is 9.75. The highest BCUT2D eigenvalue weighted by Gasteiger charge is 2.36. The molecule has 0 aliphatic heterocycles. The fourth-order valence-corrected chi connectivity index (χ4v) is 4.29. The molecule has 0 heterocycles. The van der Waals surface area contributed by atoms with Crippen molar-refractivity contribution < 1.29 is 22.6 Å². The fraction of sp³-hybridized carbons (Fsp3) is 0. The van der Waals surface area contributed by atoms with E-state index in [1.54, 1.807) is 12.1 Å². The summed E-state index contributed by atoms with van der Waals surface area (Å²) in [6.07, 6.45) is 0. The number of ketones is 2. The predicted molar refractivity (Wildman–Crippen MR) is 103 cm³/mol. The van der Waals surface area contributed by atoms with E-state index in [0.717, 1.165) is 17.2 Å². The van der Waals surface area contributed by atoms with Gasteiger partial charge in [-0.1, -0.05) is 36.4 Å². The van der Waals surface area contributed by atoms with Crippen molar-refractivity contribution in [2.45, 2.75) is 4.90 Å². The maximum Gasteiger partial charge on any atom is 0.296 e. The second kappa shape index (κ2) is 5.28. The van der Waals surface area contributed by atoms with Crippen LogP contribution in [0.1, 0.15) is 31.8 Å². The van der Waals surface area contributed by atoms with Gasteiger partial charge in [0, 0.05) is 22.4 Å². The summed E-state index contributed by atoms with van der Waals surface area (Å²) in [5.41, 5.74) is 8.37. The maximum atomic E-state index is 13.1. The highest BCUT2D eigenvalue weighted by Crippen LogP contribution is 2.45. The lowest BCUT2D eigenvalue weighted by Gasteiger charge is -2.26. The minimum atomic E-state index is -4.72. The first kappa shape index (κ1) is 16.7. The number of carbonyl (C=O) groups is 2. The average Bonchev–Trinajstić information content (AvgIpc) is 2.63. The van der Waals surface area contributed by atoms with E-state index < -0.39 is 32.3 Å². The molecule has 3 aliphatic carbocycles. The molecule has 0 bridgehead atoms. The Kier molecular flexibility index (Phi) is 3.14.